The van der Waals surface area contributed by atoms with E-state index in [2.05, 4.69) is 5.32 Å². The van der Waals surface area contributed by atoms with Crippen molar-refractivity contribution in [2.24, 2.45) is 0 Å². The van der Waals surface area contributed by atoms with Crippen LogP contribution in [0.1, 0.15) is 45.5 Å². The molecule has 1 amide bonds. The molecule has 7 nitrogen and oxygen atoms in total. The molecular formula is C26H23F2NO6. The second kappa shape index (κ2) is 10.2. The van der Waals surface area contributed by atoms with Crippen molar-refractivity contribution < 1.29 is 38.4 Å². The molecule has 0 bridgehead atoms. The van der Waals surface area contributed by atoms with Gasteiger partial charge in [-0.2, -0.15) is 0 Å². The Morgan fingerprint density at radius 2 is 1.49 bits per heavy atom. The molecule has 35 heavy (non-hydrogen) atoms. The van der Waals surface area contributed by atoms with E-state index in [0.717, 1.165) is 22.3 Å². The Morgan fingerprint density at radius 1 is 0.943 bits per heavy atom. The third-order valence-corrected chi connectivity index (χ3v) is 6.04. The lowest BCUT2D eigenvalue weighted by atomic mass is 9.98. The van der Waals surface area contributed by atoms with Crippen molar-refractivity contribution in [2.45, 2.75) is 24.5 Å². The predicted molar refractivity (Wildman–Crippen MR) is 122 cm³/mol. The van der Waals surface area contributed by atoms with Crippen LogP contribution in [0, 0.1) is 11.6 Å². The number of aliphatic hydroxyl groups excluding tert-OH is 2. The first-order chi connectivity index (χ1) is 16.8. The monoisotopic (exact) mass is 483 g/mol. The van der Waals surface area contributed by atoms with Crippen molar-refractivity contribution in [2.75, 3.05) is 13.2 Å². The highest BCUT2D eigenvalue weighted by molar-refractivity contribution is 5.88. The van der Waals surface area contributed by atoms with Gasteiger partial charge in [0.1, 0.15) is 29.9 Å². The van der Waals surface area contributed by atoms with Crippen molar-refractivity contribution >= 4 is 12.1 Å². The number of nitrogens with one attached hydrogen (secondary N) is 1. The highest BCUT2D eigenvalue weighted by Gasteiger charge is 2.29. The number of aromatic carboxylic acids is 1. The Morgan fingerprint density at radius 3 is 2.03 bits per heavy atom. The molecule has 1 aliphatic carbocycles. The molecule has 0 aromatic heterocycles. The quantitative estimate of drug-likeness (QED) is 0.385. The van der Waals surface area contributed by atoms with Crippen LogP contribution in [-0.4, -0.2) is 46.6 Å². The van der Waals surface area contributed by atoms with Gasteiger partial charge in [-0.15, -0.1) is 0 Å². The summed E-state index contributed by atoms with van der Waals surface area (Å²) in [5.74, 6) is -4.63. The molecule has 0 aliphatic heterocycles. The summed E-state index contributed by atoms with van der Waals surface area (Å²) in [4.78, 5) is 23.1. The number of alkyl carbamates (subject to hydrolysis) is 1. The van der Waals surface area contributed by atoms with Crippen LogP contribution in [0.5, 0.6) is 0 Å². The highest BCUT2D eigenvalue weighted by atomic mass is 19.1. The molecule has 0 spiro atoms. The van der Waals surface area contributed by atoms with E-state index in [4.69, 9.17) is 9.84 Å². The van der Waals surface area contributed by atoms with Gasteiger partial charge in [-0.05, 0) is 46.4 Å². The number of fused-ring (bicyclic) bond motifs is 3. The SMILES string of the molecule is O=C(NCCC(O)C(O)c1cc(F)c(C(=O)O)c(F)c1)OCC1c2ccccc2-c2ccccc21. The minimum atomic E-state index is -1.78. The lowest BCUT2D eigenvalue weighted by Gasteiger charge is -2.19. The van der Waals surface area contributed by atoms with Gasteiger partial charge in [0.2, 0.25) is 0 Å². The number of hydrogen-bond acceptors (Lipinski definition) is 5. The zero-order valence-electron chi connectivity index (χ0n) is 18.4. The molecule has 0 radical (unpaired) electrons. The largest absolute Gasteiger partial charge is 0.477 e. The summed E-state index contributed by atoms with van der Waals surface area (Å²) in [6.07, 6.45) is -4.02. The number of hydrogen-bond donors (Lipinski definition) is 4. The number of carboxylic acid groups (broad SMARTS) is 1. The van der Waals surface area contributed by atoms with Gasteiger partial charge in [-0.3, -0.25) is 0 Å². The fourth-order valence-corrected chi connectivity index (χ4v) is 4.32. The van der Waals surface area contributed by atoms with Gasteiger partial charge < -0.3 is 25.4 Å². The first-order valence-corrected chi connectivity index (χ1v) is 10.9. The molecule has 2 unspecified atom stereocenters. The summed E-state index contributed by atoms with van der Waals surface area (Å²) in [5.41, 5.74) is 2.85. The third-order valence-electron chi connectivity index (χ3n) is 6.04. The summed E-state index contributed by atoms with van der Waals surface area (Å²) in [5, 5.41) is 31.7. The minimum absolute atomic E-state index is 0.0763. The number of amides is 1. The molecule has 0 saturated carbocycles. The van der Waals surface area contributed by atoms with Gasteiger partial charge in [0.05, 0.1) is 6.10 Å². The van der Waals surface area contributed by atoms with Gasteiger partial charge in [-0.25, -0.2) is 18.4 Å². The molecule has 9 heteroatoms. The van der Waals surface area contributed by atoms with Gasteiger partial charge in [-0.1, -0.05) is 48.5 Å². The zero-order valence-corrected chi connectivity index (χ0v) is 18.4. The molecule has 4 rings (SSSR count). The lowest BCUT2D eigenvalue weighted by Crippen LogP contribution is -2.30. The van der Waals surface area contributed by atoms with Crippen LogP contribution in [0.25, 0.3) is 11.1 Å². The first kappa shape index (κ1) is 24.3. The van der Waals surface area contributed by atoms with E-state index in [1.165, 1.54) is 0 Å². The molecule has 3 aromatic rings. The Labute approximate surface area is 199 Å². The maximum atomic E-state index is 13.9. The van der Waals surface area contributed by atoms with Crippen molar-refractivity contribution in [1.82, 2.24) is 5.32 Å². The maximum Gasteiger partial charge on any atom is 0.407 e. The fraction of sp³-hybridized carbons (Fsp3) is 0.231. The Hall–Kier alpha value is -3.82. The van der Waals surface area contributed by atoms with Crippen molar-refractivity contribution in [3.8, 4) is 11.1 Å². The van der Waals surface area contributed by atoms with Gasteiger partial charge in [0.25, 0.3) is 0 Å². The Kier molecular flexibility index (Phi) is 7.09. The second-order valence-corrected chi connectivity index (χ2v) is 8.22. The second-order valence-electron chi connectivity index (χ2n) is 8.22. The molecule has 1 aliphatic rings. The normalized spacial score (nSPS) is 14.1. The molecule has 4 N–H and O–H groups in total. The summed E-state index contributed by atoms with van der Waals surface area (Å²) in [6, 6.07) is 17.1. The number of rotatable bonds is 8. The van der Waals surface area contributed by atoms with Crippen LogP contribution in [-0.2, 0) is 4.74 Å². The number of ether oxygens (including phenoxy) is 1. The molecule has 0 heterocycles. The van der Waals surface area contributed by atoms with Crippen LogP contribution >= 0.6 is 0 Å². The topological polar surface area (TPSA) is 116 Å². The smallest absolute Gasteiger partial charge is 0.407 e. The van der Waals surface area contributed by atoms with Crippen molar-refractivity contribution in [3.05, 3.63) is 94.6 Å². The molecule has 0 saturated heterocycles. The van der Waals surface area contributed by atoms with Crippen molar-refractivity contribution in [1.29, 1.82) is 0 Å². The van der Waals surface area contributed by atoms with Gasteiger partial charge in [0, 0.05) is 12.5 Å². The number of benzene rings is 3. The van der Waals surface area contributed by atoms with Crippen LogP contribution in [0.15, 0.2) is 60.7 Å². The summed E-state index contributed by atoms with van der Waals surface area (Å²) >= 11 is 0. The van der Waals surface area contributed by atoms with Crippen LogP contribution in [0.4, 0.5) is 13.6 Å². The lowest BCUT2D eigenvalue weighted by molar-refractivity contribution is 0.0133. The molecular weight excluding hydrogens is 460 g/mol. The minimum Gasteiger partial charge on any atom is -0.477 e. The van der Waals surface area contributed by atoms with E-state index >= 15 is 0 Å². The average molecular weight is 483 g/mol. The molecule has 3 aromatic carbocycles. The maximum absolute atomic E-state index is 13.9. The van der Waals surface area contributed by atoms with Crippen LogP contribution < -0.4 is 5.32 Å². The van der Waals surface area contributed by atoms with E-state index in [9.17, 15) is 28.6 Å². The molecule has 2 atom stereocenters. The van der Waals surface area contributed by atoms with Crippen LogP contribution in [0.2, 0.25) is 0 Å². The van der Waals surface area contributed by atoms with Gasteiger partial charge in [0.15, 0.2) is 0 Å². The summed E-state index contributed by atoms with van der Waals surface area (Å²) < 4.78 is 33.1. The number of carbonyl (C=O) groups excluding carboxylic acids is 1. The molecule has 182 valence electrons. The molecule has 0 fully saturated rings. The van der Waals surface area contributed by atoms with E-state index < -0.39 is 41.5 Å². The summed E-state index contributed by atoms with van der Waals surface area (Å²) in [7, 11) is 0. The predicted octanol–water partition coefficient (Wildman–Crippen LogP) is 3.99. The standard InChI is InChI=1S/C26H23F2NO6/c27-20-11-14(12-21(28)23(20)25(32)33)24(31)22(30)9-10-29-26(34)35-13-19-17-7-3-1-5-15(17)16-6-2-4-8-18(16)19/h1-8,11-12,19,22,24,30-31H,9-10,13H2,(H,29,34)(H,32,33). The van der Waals surface area contributed by atoms with E-state index in [0.29, 0.717) is 12.1 Å². The highest BCUT2D eigenvalue weighted by Crippen LogP contribution is 2.44. The van der Waals surface area contributed by atoms with Crippen molar-refractivity contribution in [3.63, 3.8) is 0 Å². The average Bonchev–Trinajstić information content (AvgIpc) is 3.15. The van der Waals surface area contributed by atoms with Gasteiger partial charge >= 0.3 is 12.1 Å². The fourth-order valence-electron chi connectivity index (χ4n) is 4.32. The third kappa shape index (κ3) is 5.01. The van der Waals surface area contributed by atoms with E-state index in [1.54, 1.807) is 0 Å². The number of carboxylic acids is 1. The Bertz CT molecular complexity index is 1200. The number of aliphatic hydroxyl groups is 2. The first-order valence-electron chi connectivity index (χ1n) is 10.9. The number of halogens is 2. The van der Waals surface area contributed by atoms with E-state index in [1.807, 2.05) is 48.5 Å². The Balaban J connectivity index is 1.30. The zero-order chi connectivity index (χ0) is 25.1. The van der Waals surface area contributed by atoms with E-state index in [-0.39, 0.29) is 31.1 Å². The van der Waals surface area contributed by atoms with Crippen LogP contribution in [0.3, 0.4) is 0 Å². The number of carbonyl (C=O) groups is 2. The summed E-state index contributed by atoms with van der Waals surface area (Å²) in [6.45, 7) is 0.0343.